The Morgan fingerprint density at radius 2 is 1.61 bits per heavy atom. The van der Waals surface area contributed by atoms with Crippen LogP contribution in [0.15, 0.2) is 77.3 Å². The van der Waals surface area contributed by atoms with E-state index in [2.05, 4.69) is 54.6 Å². The molecule has 0 unspecified atom stereocenters. The lowest BCUT2D eigenvalue weighted by Gasteiger charge is -2.36. The van der Waals surface area contributed by atoms with Crippen LogP contribution in [0.4, 0.5) is 11.4 Å². The van der Waals surface area contributed by atoms with Crippen molar-refractivity contribution in [2.45, 2.75) is 6.54 Å². The Balaban J connectivity index is 1.26. The molecule has 8 heteroatoms. The van der Waals surface area contributed by atoms with Gasteiger partial charge in [-0.05, 0) is 72.4 Å². The summed E-state index contributed by atoms with van der Waals surface area (Å²) < 4.78 is 0.918. The predicted octanol–water partition coefficient (Wildman–Crippen LogP) is 5.55. The Morgan fingerprint density at radius 3 is 2.27 bits per heavy atom. The summed E-state index contributed by atoms with van der Waals surface area (Å²) in [6, 6.07) is 23.3. The smallest absolute Gasteiger partial charge is 0.257 e. The molecule has 170 valence electrons. The minimum Gasteiger partial charge on any atom is -0.369 e. The lowest BCUT2D eigenvalue weighted by atomic mass is 10.2. The number of nitrogens with one attached hydrogen (secondary N) is 2. The van der Waals surface area contributed by atoms with Gasteiger partial charge in [-0.15, -0.1) is 0 Å². The van der Waals surface area contributed by atoms with Crippen molar-refractivity contribution in [2.24, 2.45) is 0 Å². The average molecular weight is 544 g/mol. The summed E-state index contributed by atoms with van der Waals surface area (Å²) in [6.07, 6.45) is 0. The van der Waals surface area contributed by atoms with Crippen LogP contribution in [0.25, 0.3) is 0 Å². The topological polar surface area (TPSA) is 47.6 Å². The third kappa shape index (κ3) is 6.54. The van der Waals surface area contributed by atoms with Gasteiger partial charge in [0.1, 0.15) is 0 Å². The van der Waals surface area contributed by atoms with E-state index in [0.29, 0.717) is 5.56 Å². The summed E-state index contributed by atoms with van der Waals surface area (Å²) in [5.74, 6) is -0.244. The van der Waals surface area contributed by atoms with E-state index in [1.165, 1.54) is 11.3 Å². The maximum Gasteiger partial charge on any atom is 0.257 e. The number of carbonyl (C=O) groups excluding carboxylic acids is 1. The van der Waals surface area contributed by atoms with Crippen LogP contribution in [-0.2, 0) is 6.54 Å². The Bertz CT molecular complexity index is 1120. The van der Waals surface area contributed by atoms with Gasteiger partial charge in [-0.3, -0.25) is 15.0 Å². The molecule has 1 fully saturated rings. The first-order valence-corrected chi connectivity index (χ1v) is 12.2. The fourth-order valence-electron chi connectivity index (χ4n) is 3.73. The number of halogens is 2. The third-order valence-corrected chi connectivity index (χ3v) is 6.65. The van der Waals surface area contributed by atoms with Crippen molar-refractivity contribution in [1.29, 1.82) is 0 Å². The summed E-state index contributed by atoms with van der Waals surface area (Å²) >= 11 is 15.0. The van der Waals surface area contributed by atoms with Crippen LogP contribution in [0.2, 0.25) is 5.02 Å². The van der Waals surface area contributed by atoms with Gasteiger partial charge < -0.3 is 10.2 Å². The standard InChI is InChI=1S/C25H24BrClN4OS/c26-20-7-5-18(6-8-20)24(32)29-25(33)28-21-9-11-22(12-10-21)31-15-13-30(14-16-31)17-19-3-1-2-4-23(19)27/h1-12H,13-17H2,(H2,28,29,32,33). The van der Waals surface area contributed by atoms with Gasteiger partial charge in [0.15, 0.2) is 5.11 Å². The summed E-state index contributed by atoms with van der Waals surface area (Å²) in [5, 5.41) is 6.88. The minimum atomic E-state index is -0.244. The highest BCUT2D eigenvalue weighted by molar-refractivity contribution is 9.10. The fourth-order valence-corrected chi connectivity index (χ4v) is 4.40. The van der Waals surface area contributed by atoms with Crippen LogP contribution < -0.4 is 15.5 Å². The van der Waals surface area contributed by atoms with Gasteiger partial charge in [0.25, 0.3) is 5.91 Å². The number of nitrogens with zero attached hydrogens (tertiary/aromatic N) is 2. The zero-order valence-electron chi connectivity index (χ0n) is 17.9. The zero-order chi connectivity index (χ0) is 23.2. The fraction of sp³-hybridized carbons (Fsp3) is 0.200. The van der Waals surface area contributed by atoms with Crippen molar-refractivity contribution < 1.29 is 4.79 Å². The Morgan fingerprint density at radius 1 is 0.939 bits per heavy atom. The number of piperazine rings is 1. The molecular weight excluding hydrogens is 520 g/mol. The average Bonchev–Trinajstić information content (AvgIpc) is 2.82. The number of rotatable bonds is 5. The second kappa shape index (κ2) is 11.1. The van der Waals surface area contributed by atoms with Crippen LogP contribution in [0.1, 0.15) is 15.9 Å². The number of carbonyl (C=O) groups is 1. The van der Waals surface area contributed by atoms with E-state index in [9.17, 15) is 4.79 Å². The molecule has 1 aliphatic rings. The van der Waals surface area contributed by atoms with E-state index in [1.54, 1.807) is 12.1 Å². The monoisotopic (exact) mass is 542 g/mol. The highest BCUT2D eigenvalue weighted by atomic mass is 79.9. The van der Waals surface area contributed by atoms with Gasteiger partial charge in [0.2, 0.25) is 0 Å². The highest BCUT2D eigenvalue weighted by Gasteiger charge is 2.18. The maximum absolute atomic E-state index is 12.3. The van der Waals surface area contributed by atoms with Crippen molar-refractivity contribution in [3.8, 4) is 0 Å². The lowest BCUT2D eigenvalue weighted by Crippen LogP contribution is -2.46. The molecule has 2 N–H and O–H groups in total. The Labute approximate surface area is 212 Å². The summed E-state index contributed by atoms with van der Waals surface area (Å²) in [4.78, 5) is 17.1. The number of benzene rings is 3. The molecule has 0 aliphatic carbocycles. The van der Waals surface area contributed by atoms with E-state index in [4.69, 9.17) is 23.8 Å². The highest BCUT2D eigenvalue weighted by Crippen LogP contribution is 2.22. The molecule has 1 aliphatic heterocycles. The van der Waals surface area contributed by atoms with E-state index in [-0.39, 0.29) is 11.0 Å². The maximum atomic E-state index is 12.3. The van der Waals surface area contributed by atoms with Crippen molar-refractivity contribution in [2.75, 3.05) is 36.4 Å². The van der Waals surface area contributed by atoms with Crippen molar-refractivity contribution >= 4 is 62.1 Å². The normalized spacial score (nSPS) is 14.1. The number of thiocarbonyl (C=S) groups is 1. The van der Waals surface area contributed by atoms with Crippen LogP contribution >= 0.6 is 39.7 Å². The van der Waals surface area contributed by atoms with Crippen molar-refractivity contribution in [3.63, 3.8) is 0 Å². The van der Waals surface area contributed by atoms with E-state index >= 15 is 0 Å². The lowest BCUT2D eigenvalue weighted by molar-refractivity contribution is 0.0977. The molecule has 3 aromatic rings. The minimum absolute atomic E-state index is 0.244. The summed E-state index contributed by atoms with van der Waals surface area (Å²) in [7, 11) is 0. The van der Waals surface area contributed by atoms with Crippen LogP contribution in [-0.4, -0.2) is 42.1 Å². The first-order valence-electron chi connectivity index (χ1n) is 10.7. The molecule has 5 nitrogen and oxygen atoms in total. The quantitative estimate of drug-likeness (QED) is 0.413. The molecule has 0 atom stereocenters. The molecule has 0 bridgehead atoms. The van der Waals surface area contributed by atoms with E-state index in [0.717, 1.165) is 47.9 Å². The number of amides is 1. The number of anilines is 2. The van der Waals surface area contributed by atoms with Crippen molar-refractivity contribution in [1.82, 2.24) is 10.2 Å². The van der Waals surface area contributed by atoms with Gasteiger partial charge >= 0.3 is 0 Å². The molecule has 0 spiro atoms. The first kappa shape index (κ1) is 23.7. The summed E-state index contributed by atoms with van der Waals surface area (Å²) in [5.41, 5.74) is 3.72. The van der Waals surface area contributed by atoms with Gasteiger partial charge in [-0.1, -0.05) is 45.7 Å². The molecule has 4 rings (SSSR count). The Kier molecular flexibility index (Phi) is 7.98. The third-order valence-electron chi connectivity index (χ3n) is 5.55. The van der Waals surface area contributed by atoms with Crippen LogP contribution in [0.3, 0.4) is 0 Å². The molecule has 3 aromatic carbocycles. The second-order valence-electron chi connectivity index (χ2n) is 7.82. The first-order chi connectivity index (χ1) is 16.0. The van der Waals surface area contributed by atoms with E-state index in [1.807, 2.05) is 42.5 Å². The molecular formula is C25H24BrClN4OS. The molecule has 0 aromatic heterocycles. The van der Waals surface area contributed by atoms with Gasteiger partial charge in [-0.25, -0.2) is 0 Å². The molecule has 1 saturated heterocycles. The number of hydrogen-bond acceptors (Lipinski definition) is 4. The molecule has 1 amide bonds. The molecule has 33 heavy (non-hydrogen) atoms. The van der Waals surface area contributed by atoms with Gasteiger partial charge in [0.05, 0.1) is 0 Å². The van der Waals surface area contributed by atoms with Crippen LogP contribution in [0, 0.1) is 0 Å². The van der Waals surface area contributed by atoms with Crippen molar-refractivity contribution in [3.05, 3.63) is 93.4 Å². The predicted molar refractivity (Wildman–Crippen MR) is 143 cm³/mol. The largest absolute Gasteiger partial charge is 0.369 e. The SMILES string of the molecule is O=C(NC(=S)Nc1ccc(N2CCN(Cc3ccccc3Cl)CC2)cc1)c1ccc(Br)cc1. The summed E-state index contributed by atoms with van der Waals surface area (Å²) in [6.45, 7) is 4.76. The molecule has 0 saturated carbocycles. The zero-order valence-corrected chi connectivity index (χ0v) is 21.1. The van der Waals surface area contributed by atoms with Crippen LogP contribution in [0.5, 0.6) is 0 Å². The molecule has 0 radical (unpaired) electrons. The van der Waals surface area contributed by atoms with E-state index < -0.39 is 0 Å². The number of hydrogen-bond donors (Lipinski definition) is 2. The van der Waals surface area contributed by atoms with Gasteiger partial charge in [-0.2, -0.15) is 0 Å². The Hall–Kier alpha value is -2.45. The molecule has 1 heterocycles. The van der Waals surface area contributed by atoms with Gasteiger partial charge in [0, 0.05) is 59.2 Å². The second-order valence-corrected chi connectivity index (χ2v) is 9.55.